The number of hydrogen-bond donors (Lipinski definition) is 1. The van der Waals surface area contributed by atoms with E-state index < -0.39 is 5.97 Å². The van der Waals surface area contributed by atoms with Gasteiger partial charge in [-0.3, -0.25) is 9.69 Å². The summed E-state index contributed by atoms with van der Waals surface area (Å²) >= 11 is 0. The third-order valence-electron chi connectivity index (χ3n) is 3.34. The summed E-state index contributed by atoms with van der Waals surface area (Å²) in [6.45, 7) is 5.52. The fraction of sp³-hybridized carbons (Fsp3) is 0.615. The molecule has 2 atom stereocenters. The number of rotatable bonds is 6. The fourth-order valence-electron chi connectivity index (χ4n) is 2.09. The SMILES string of the molecule is CCN(CC(=O)O)Cc1ccc(C2CC2C)o1. The average molecular weight is 237 g/mol. The van der Waals surface area contributed by atoms with E-state index in [4.69, 9.17) is 9.52 Å². The minimum atomic E-state index is -0.797. The Morgan fingerprint density at radius 2 is 2.29 bits per heavy atom. The average Bonchev–Trinajstić information content (AvgIpc) is 2.82. The van der Waals surface area contributed by atoms with Crippen LogP contribution >= 0.6 is 0 Å². The van der Waals surface area contributed by atoms with Gasteiger partial charge in [0.2, 0.25) is 0 Å². The number of hydrogen-bond acceptors (Lipinski definition) is 3. The highest BCUT2D eigenvalue weighted by molar-refractivity contribution is 5.69. The van der Waals surface area contributed by atoms with E-state index >= 15 is 0 Å². The molecule has 1 aliphatic carbocycles. The number of furan rings is 1. The van der Waals surface area contributed by atoms with Gasteiger partial charge in [0.05, 0.1) is 13.1 Å². The lowest BCUT2D eigenvalue weighted by Gasteiger charge is -2.15. The summed E-state index contributed by atoms with van der Waals surface area (Å²) in [5.41, 5.74) is 0. The number of carboxylic acids is 1. The maximum Gasteiger partial charge on any atom is 0.317 e. The zero-order valence-electron chi connectivity index (χ0n) is 10.3. The van der Waals surface area contributed by atoms with E-state index in [2.05, 4.69) is 6.92 Å². The molecule has 1 aliphatic rings. The molecule has 4 nitrogen and oxygen atoms in total. The molecule has 0 radical (unpaired) electrons. The van der Waals surface area contributed by atoms with E-state index in [0.29, 0.717) is 19.0 Å². The van der Waals surface area contributed by atoms with E-state index in [0.717, 1.165) is 17.4 Å². The summed E-state index contributed by atoms with van der Waals surface area (Å²) in [6.07, 6.45) is 1.21. The van der Waals surface area contributed by atoms with Crippen LogP contribution in [0.25, 0.3) is 0 Å². The zero-order chi connectivity index (χ0) is 12.4. The normalized spacial score (nSPS) is 23.0. The van der Waals surface area contributed by atoms with Gasteiger partial charge in [-0.1, -0.05) is 13.8 Å². The third-order valence-corrected chi connectivity index (χ3v) is 3.34. The Morgan fingerprint density at radius 3 is 2.82 bits per heavy atom. The molecule has 0 saturated heterocycles. The van der Waals surface area contributed by atoms with Crippen LogP contribution in [0.3, 0.4) is 0 Å². The Morgan fingerprint density at radius 1 is 1.59 bits per heavy atom. The summed E-state index contributed by atoms with van der Waals surface area (Å²) in [6, 6.07) is 3.99. The predicted octanol–water partition coefficient (Wildman–Crippen LogP) is 2.31. The maximum absolute atomic E-state index is 10.7. The first kappa shape index (κ1) is 12.2. The Bertz CT molecular complexity index is 399. The van der Waals surface area contributed by atoms with Crippen LogP contribution in [0.2, 0.25) is 0 Å². The van der Waals surface area contributed by atoms with Crippen molar-refractivity contribution in [1.29, 1.82) is 0 Å². The van der Waals surface area contributed by atoms with Crippen LogP contribution in [0.5, 0.6) is 0 Å². The second kappa shape index (κ2) is 4.92. The van der Waals surface area contributed by atoms with Crippen molar-refractivity contribution in [3.05, 3.63) is 23.7 Å². The van der Waals surface area contributed by atoms with Gasteiger partial charge in [-0.25, -0.2) is 0 Å². The Balaban J connectivity index is 1.93. The number of carboxylic acid groups (broad SMARTS) is 1. The van der Waals surface area contributed by atoms with Gasteiger partial charge in [-0.2, -0.15) is 0 Å². The minimum Gasteiger partial charge on any atom is -0.480 e. The van der Waals surface area contributed by atoms with Gasteiger partial charge in [0.1, 0.15) is 11.5 Å². The number of likely N-dealkylation sites (N-methyl/N-ethyl adjacent to an activating group) is 1. The summed E-state index contributed by atoms with van der Waals surface area (Å²) in [5.74, 6) is 2.43. The fourth-order valence-corrected chi connectivity index (χ4v) is 2.09. The van der Waals surface area contributed by atoms with Crippen LogP contribution < -0.4 is 0 Å². The van der Waals surface area contributed by atoms with Gasteiger partial charge in [-0.15, -0.1) is 0 Å². The molecule has 0 bridgehead atoms. The van der Waals surface area contributed by atoms with Crippen LogP contribution in [0.1, 0.15) is 37.7 Å². The highest BCUT2D eigenvalue weighted by atomic mass is 16.4. The van der Waals surface area contributed by atoms with Gasteiger partial charge in [0.25, 0.3) is 0 Å². The summed E-state index contributed by atoms with van der Waals surface area (Å²) < 4.78 is 5.76. The molecule has 17 heavy (non-hydrogen) atoms. The molecule has 0 aliphatic heterocycles. The molecule has 2 rings (SSSR count). The van der Waals surface area contributed by atoms with Crippen molar-refractivity contribution in [2.24, 2.45) is 5.92 Å². The molecular formula is C13H19NO3. The number of carbonyl (C=O) groups is 1. The molecule has 0 spiro atoms. The molecule has 4 heteroatoms. The van der Waals surface area contributed by atoms with Gasteiger partial charge in [0, 0.05) is 5.92 Å². The number of aliphatic carboxylic acids is 1. The molecule has 0 aromatic carbocycles. The van der Waals surface area contributed by atoms with E-state index in [-0.39, 0.29) is 6.54 Å². The van der Waals surface area contributed by atoms with Crippen LogP contribution in [0, 0.1) is 5.92 Å². The van der Waals surface area contributed by atoms with Crippen LogP contribution in [0.4, 0.5) is 0 Å². The minimum absolute atomic E-state index is 0.0619. The topological polar surface area (TPSA) is 53.7 Å². The van der Waals surface area contributed by atoms with E-state index in [1.54, 1.807) is 0 Å². The van der Waals surface area contributed by atoms with E-state index in [9.17, 15) is 4.79 Å². The van der Waals surface area contributed by atoms with Crippen molar-refractivity contribution >= 4 is 5.97 Å². The Hall–Kier alpha value is -1.29. The molecule has 1 N–H and O–H groups in total. The first-order valence-electron chi connectivity index (χ1n) is 6.13. The van der Waals surface area contributed by atoms with E-state index in [1.165, 1.54) is 6.42 Å². The first-order valence-corrected chi connectivity index (χ1v) is 6.13. The van der Waals surface area contributed by atoms with Crippen molar-refractivity contribution in [3.63, 3.8) is 0 Å². The van der Waals surface area contributed by atoms with Crippen molar-refractivity contribution in [3.8, 4) is 0 Å². The Labute approximate surface area is 101 Å². The van der Waals surface area contributed by atoms with Crippen LogP contribution in [-0.2, 0) is 11.3 Å². The van der Waals surface area contributed by atoms with Crippen molar-refractivity contribution < 1.29 is 14.3 Å². The summed E-state index contributed by atoms with van der Waals surface area (Å²) in [5, 5.41) is 8.76. The van der Waals surface area contributed by atoms with Gasteiger partial charge < -0.3 is 9.52 Å². The maximum atomic E-state index is 10.7. The highest BCUT2D eigenvalue weighted by Crippen LogP contribution is 2.47. The lowest BCUT2D eigenvalue weighted by molar-refractivity contribution is -0.138. The van der Waals surface area contributed by atoms with E-state index in [1.807, 2.05) is 24.0 Å². The summed E-state index contributed by atoms with van der Waals surface area (Å²) in [7, 11) is 0. The molecule has 0 amide bonds. The standard InChI is InChI=1S/C13H19NO3/c1-3-14(8-13(15)16)7-10-4-5-12(17-10)11-6-9(11)2/h4-5,9,11H,3,6-8H2,1-2H3,(H,15,16). The van der Waals surface area contributed by atoms with Gasteiger partial charge >= 0.3 is 5.97 Å². The zero-order valence-corrected chi connectivity index (χ0v) is 10.3. The van der Waals surface area contributed by atoms with Crippen LogP contribution in [-0.4, -0.2) is 29.1 Å². The predicted molar refractivity (Wildman–Crippen MR) is 63.8 cm³/mol. The monoisotopic (exact) mass is 237 g/mol. The molecule has 1 heterocycles. The highest BCUT2D eigenvalue weighted by Gasteiger charge is 2.36. The smallest absolute Gasteiger partial charge is 0.317 e. The van der Waals surface area contributed by atoms with Crippen molar-refractivity contribution in [2.75, 3.05) is 13.1 Å². The third kappa shape index (κ3) is 3.09. The molecule has 1 fully saturated rings. The summed E-state index contributed by atoms with van der Waals surface area (Å²) in [4.78, 5) is 12.5. The lowest BCUT2D eigenvalue weighted by Crippen LogP contribution is -2.28. The molecule has 1 aromatic heterocycles. The van der Waals surface area contributed by atoms with Crippen LogP contribution in [0.15, 0.2) is 16.5 Å². The van der Waals surface area contributed by atoms with Gasteiger partial charge in [0.15, 0.2) is 0 Å². The lowest BCUT2D eigenvalue weighted by atomic mass is 10.3. The number of nitrogens with zero attached hydrogens (tertiary/aromatic N) is 1. The van der Waals surface area contributed by atoms with Crippen molar-refractivity contribution in [2.45, 2.75) is 32.7 Å². The molecule has 2 unspecified atom stereocenters. The quantitative estimate of drug-likeness (QED) is 0.825. The molecule has 1 saturated carbocycles. The first-order chi connectivity index (χ1) is 8.10. The van der Waals surface area contributed by atoms with Crippen molar-refractivity contribution in [1.82, 2.24) is 4.90 Å². The largest absolute Gasteiger partial charge is 0.480 e. The Kier molecular flexibility index (Phi) is 3.52. The molecule has 94 valence electrons. The second-order valence-corrected chi connectivity index (χ2v) is 4.82. The van der Waals surface area contributed by atoms with Gasteiger partial charge in [-0.05, 0) is 31.0 Å². The molecule has 1 aromatic rings. The molecular weight excluding hydrogens is 218 g/mol. The second-order valence-electron chi connectivity index (χ2n) is 4.82.